The zero-order valence-corrected chi connectivity index (χ0v) is 10.4. The lowest BCUT2D eigenvalue weighted by Gasteiger charge is -2.30. The minimum absolute atomic E-state index is 0.00199. The predicted molar refractivity (Wildman–Crippen MR) is 66.6 cm³/mol. The highest BCUT2D eigenvalue weighted by Crippen LogP contribution is 2.28. The second-order valence-electron chi connectivity index (χ2n) is 4.62. The van der Waals surface area contributed by atoms with E-state index in [0.29, 0.717) is 25.3 Å². The van der Waals surface area contributed by atoms with Gasteiger partial charge >= 0.3 is 5.69 Å². The Balaban J connectivity index is 2.35. The fourth-order valence-electron chi connectivity index (χ4n) is 2.12. The Morgan fingerprint density at radius 2 is 2.22 bits per heavy atom. The number of aryl methyl sites for hydroxylation is 1. The Morgan fingerprint density at radius 1 is 1.50 bits per heavy atom. The number of anilines is 1. The number of carbonyl (C=O) groups excluding carboxylic acids is 1. The Labute approximate surface area is 105 Å². The number of nitrogens with zero attached hydrogens (tertiary/aromatic N) is 3. The Kier molecular flexibility index (Phi) is 3.27. The van der Waals surface area contributed by atoms with E-state index in [0.717, 1.165) is 5.69 Å². The summed E-state index contributed by atoms with van der Waals surface area (Å²) in [5.74, 6) is 0.488. The van der Waals surface area contributed by atoms with Crippen LogP contribution in [0.4, 0.5) is 11.5 Å². The third-order valence-corrected chi connectivity index (χ3v) is 3.16. The SMILES string of the molecule is Cc1ccc([N+](=O)[O-])c(N2CCC(=O)C(C)C2)n1. The van der Waals surface area contributed by atoms with Crippen LogP contribution in [0.2, 0.25) is 0 Å². The van der Waals surface area contributed by atoms with Crippen molar-refractivity contribution in [3.63, 3.8) is 0 Å². The summed E-state index contributed by atoms with van der Waals surface area (Å²) in [6.07, 6.45) is 0.425. The first-order valence-electron chi connectivity index (χ1n) is 5.88. The maximum absolute atomic E-state index is 11.5. The molecule has 1 atom stereocenters. The fraction of sp³-hybridized carbons (Fsp3) is 0.500. The molecule has 1 fully saturated rings. The van der Waals surface area contributed by atoms with Gasteiger partial charge in [0.25, 0.3) is 0 Å². The molecule has 0 aromatic carbocycles. The molecule has 1 aromatic rings. The number of Topliss-reactive ketones (excluding diaryl/α,β-unsaturated/α-hetero) is 1. The molecule has 0 N–H and O–H groups in total. The van der Waals surface area contributed by atoms with Crippen molar-refractivity contribution in [3.8, 4) is 0 Å². The van der Waals surface area contributed by atoms with Gasteiger partial charge in [-0.15, -0.1) is 0 Å². The van der Waals surface area contributed by atoms with Crippen LogP contribution in [0, 0.1) is 23.0 Å². The number of aromatic nitrogens is 1. The summed E-state index contributed by atoms with van der Waals surface area (Å²) < 4.78 is 0. The lowest BCUT2D eigenvalue weighted by molar-refractivity contribution is -0.384. The van der Waals surface area contributed by atoms with E-state index < -0.39 is 4.92 Å². The van der Waals surface area contributed by atoms with Crippen LogP contribution in [0.5, 0.6) is 0 Å². The van der Waals surface area contributed by atoms with Crippen LogP contribution in [0.25, 0.3) is 0 Å². The molecule has 0 amide bonds. The molecule has 6 heteroatoms. The van der Waals surface area contributed by atoms with Gasteiger partial charge < -0.3 is 4.90 Å². The first-order valence-corrected chi connectivity index (χ1v) is 5.88. The maximum Gasteiger partial charge on any atom is 0.311 e. The Morgan fingerprint density at radius 3 is 2.83 bits per heavy atom. The molecule has 18 heavy (non-hydrogen) atoms. The van der Waals surface area contributed by atoms with Gasteiger partial charge in [-0.25, -0.2) is 4.98 Å². The summed E-state index contributed by atoms with van der Waals surface area (Å²) in [4.78, 5) is 28.1. The van der Waals surface area contributed by atoms with Crippen molar-refractivity contribution in [2.45, 2.75) is 20.3 Å². The van der Waals surface area contributed by atoms with E-state index in [2.05, 4.69) is 4.98 Å². The maximum atomic E-state index is 11.5. The van der Waals surface area contributed by atoms with Gasteiger partial charge in [0, 0.05) is 37.2 Å². The molecule has 1 aliphatic rings. The van der Waals surface area contributed by atoms with Gasteiger partial charge in [-0.05, 0) is 13.0 Å². The van der Waals surface area contributed by atoms with Crippen molar-refractivity contribution in [2.75, 3.05) is 18.0 Å². The lowest BCUT2D eigenvalue weighted by atomic mass is 9.98. The van der Waals surface area contributed by atoms with Crippen molar-refractivity contribution >= 4 is 17.3 Å². The molecule has 1 aromatic heterocycles. The highest BCUT2D eigenvalue weighted by molar-refractivity contribution is 5.83. The Bertz CT molecular complexity index is 501. The average molecular weight is 249 g/mol. The van der Waals surface area contributed by atoms with Crippen LogP contribution in [-0.4, -0.2) is 28.8 Å². The van der Waals surface area contributed by atoms with E-state index >= 15 is 0 Å². The smallest absolute Gasteiger partial charge is 0.311 e. The van der Waals surface area contributed by atoms with E-state index in [1.807, 2.05) is 11.8 Å². The van der Waals surface area contributed by atoms with Crippen LogP contribution >= 0.6 is 0 Å². The zero-order valence-electron chi connectivity index (χ0n) is 10.4. The third kappa shape index (κ3) is 2.32. The van der Waals surface area contributed by atoms with Crippen LogP contribution < -0.4 is 4.90 Å². The molecular weight excluding hydrogens is 234 g/mol. The van der Waals surface area contributed by atoms with Gasteiger partial charge in [-0.3, -0.25) is 14.9 Å². The van der Waals surface area contributed by atoms with Gasteiger partial charge in [0.15, 0.2) is 0 Å². The van der Waals surface area contributed by atoms with Crippen LogP contribution in [0.3, 0.4) is 0 Å². The molecule has 2 heterocycles. The second-order valence-corrected chi connectivity index (χ2v) is 4.62. The highest BCUT2D eigenvalue weighted by atomic mass is 16.6. The fourth-order valence-corrected chi connectivity index (χ4v) is 2.12. The molecule has 1 unspecified atom stereocenters. The van der Waals surface area contributed by atoms with Crippen molar-refractivity contribution in [2.24, 2.45) is 5.92 Å². The molecular formula is C12H15N3O3. The standard InChI is InChI=1S/C12H15N3O3/c1-8-7-14(6-5-11(8)16)12-10(15(17)18)4-3-9(2)13-12/h3-4,8H,5-7H2,1-2H3. The molecule has 2 rings (SSSR count). The summed E-state index contributed by atoms with van der Waals surface area (Å²) in [6.45, 7) is 4.64. The monoisotopic (exact) mass is 249 g/mol. The van der Waals surface area contributed by atoms with Gasteiger partial charge in [0.05, 0.1) is 4.92 Å². The third-order valence-electron chi connectivity index (χ3n) is 3.16. The van der Waals surface area contributed by atoms with Gasteiger partial charge in [0.1, 0.15) is 5.78 Å². The van der Waals surface area contributed by atoms with Crippen molar-refractivity contribution < 1.29 is 9.72 Å². The van der Waals surface area contributed by atoms with Gasteiger partial charge in [-0.2, -0.15) is 0 Å². The number of rotatable bonds is 2. The van der Waals surface area contributed by atoms with E-state index in [1.54, 1.807) is 13.0 Å². The van der Waals surface area contributed by atoms with E-state index in [1.165, 1.54) is 6.07 Å². The molecule has 0 bridgehead atoms. The first kappa shape index (κ1) is 12.5. The summed E-state index contributed by atoms with van der Waals surface area (Å²) in [5, 5.41) is 11.0. The van der Waals surface area contributed by atoms with Crippen LogP contribution in [-0.2, 0) is 4.79 Å². The molecule has 1 saturated heterocycles. The minimum Gasteiger partial charge on any atom is -0.350 e. The molecule has 6 nitrogen and oxygen atoms in total. The second kappa shape index (κ2) is 4.72. The predicted octanol–water partition coefficient (Wildman–Crippen LogP) is 1.71. The number of pyridine rings is 1. The number of hydrogen-bond donors (Lipinski definition) is 0. The topological polar surface area (TPSA) is 76.3 Å². The molecule has 0 spiro atoms. The van der Waals surface area contributed by atoms with Crippen LogP contribution in [0.15, 0.2) is 12.1 Å². The van der Waals surface area contributed by atoms with E-state index in [-0.39, 0.29) is 17.4 Å². The summed E-state index contributed by atoms with van der Waals surface area (Å²) in [6, 6.07) is 3.10. The molecule has 1 aliphatic heterocycles. The number of hydrogen-bond acceptors (Lipinski definition) is 5. The van der Waals surface area contributed by atoms with Crippen molar-refractivity contribution in [1.29, 1.82) is 0 Å². The first-order chi connectivity index (χ1) is 8.49. The number of ketones is 1. The quantitative estimate of drug-likeness (QED) is 0.589. The van der Waals surface area contributed by atoms with E-state index in [9.17, 15) is 14.9 Å². The highest BCUT2D eigenvalue weighted by Gasteiger charge is 2.28. The molecule has 0 radical (unpaired) electrons. The number of nitro groups is 1. The number of carbonyl (C=O) groups is 1. The number of piperidine rings is 1. The molecule has 0 aliphatic carbocycles. The summed E-state index contributed by atoms with van der Waals surface area (Å²) in [7, 11) is 0. The average Bonchev–Trinajstić information content (AvgIpc) is 2.32. The van der Waals surface area contributed by atoms with Crippen molar-refractivity contribution in [1.82, 2.24) is 4.98 Å². The summed E-state index contributed by atoms with van der Waals surface area (Å²) >= 11 is 0. The van der Waals surface area contributed by atoms with E-state index in [4.69, 9.17) is 0 Å². The normalized spacial score (nSPS) is 20.0. The molecule has 96 valence electrons. The molecule has 0 saturated carbocycles. The zero-order chi connectivity index (χ0) is 13.3. The largest absolute Gasteiger partial charge is 0.350 e. The summed E-state index contributed by atoms with van der Waals surface area (Å²) in [5.41, 5.74) is 0.738. The van der Waals surface area contributed by atoms with Gasteiger partial charge in [0.2, 0.25) is 5.82 Å². The van der Waals surface area contributed by atoms with Crippen LogP contribution in [0.1, 0.15) is 19.0 Å². The van der Waals surface area contributed by atoms with Crippen molar-refractivity contribution in [3.05, 3.63) is 27.9 Å². The van der Waals surface area contributed by atoms with Gasteiger partial charge in [-0.1, -0.05) is 6.92 Å². The minimum atomic E-state index is -0.428. The lowest BCUT2D eigenvalue weighted by Crippen LogP contribution is -2.40. The Hall–Kier alpha value is -1.98.